The number of benzene rings is 1. The van der Waals surface area contributed by atoms with Crippen LogP contribution in [0.1, 0.15) is 32.4 Å². The molecule has 112 valence electrons. The van der Waals surface area contributed by atoms with Crippen LogP contribution in [0, 0.1) is 11.2 Å². The van der Waals surface area contributed by atoms with Gasteiger partial charge in [0.25, 0.3) is 0 Å². The Hall–Kier alpha value is -1.13. The lowest BCUT2D eigenvalue weighted by molar-refractivity contribution is 0.0812. The molecule has 0 bridgehead atoms. The van der Waals surface area contributed by atoms with Crippen molar-refractivity contribution in [3.8, 4) is 5.75 Å². The van der Waals surface area contributed by atoms with Gasteiger partial charge in [0.15, 0.2) is 0 Å². The van der Waals surface area contributed by atoms with Crippen molar-refractivity contribution < 1.29 is 9.13 Å². The monoisotopic (exact) mass is 280 g/mol. The molecule has 0 unspecified atom stereocenters. The van der Waals surface area contributed by atoms with Gasteiger partial charge in [-0.05, 0) is 17.5 Å². The molecule has 0 radical (unpaired) electrons. The van der Waals surface area contributed by atoms with Crippen molar-refractivity contribution in [3.05, 3.63) is 29.6 Å². The van der Waals surface area contributed by atoms with Gasteiger partial charge < -0.3 is 10.1 Å². The van der Waals surface area contributed by atoms with Gasteiger partial charge in [-0.3, -0.25) is 4.90 Å². The van der Waals surface area contributed by atoms with Crippen LogP contribution in [0.3, 0.4) is 0 Å². The van der Waals surface area contributed by atoms with E-state index < -0.39 is 0 Å². The fourth-order valence-corrected chi connectivity index (χ4v) is 3.06. The van der Waals surface area contributed by atoms with E-state index in [1.54, 1.807) is 13.2 Å². The molecule has 1 aliphatic heterocycles. The molecule has 1 atom stereocenters. The van der Waals surface area contributed by atoms with Gasteiger partial charge in [-0.15, -0.1) is 0 Å². The molecule has 1 aromatic carbocycles. The fraction of sp³-hybridized carbons (Fsp3) is 0.625. The highest BCUT2D eigenvalue weighted by molar-refractivity contribution is 5.38. The predicted octanol–water partition coefficient (Wildman–Crippen LogP) is 2.83. The molecular formula is C16H25FN2O. The number of piperazine rings is 1. The van der Waals surface area contributed by atoms with Crippen LogP contribution in [0.15, 0.2) is 18.2 Å². The lowest BCUT2D eigenvalue weighted by Gasteiger charge is -2.43. The second-order valence-corrected chi connectivity index (χ2v) is 6.41. The number of methoxy groups -OCH3 is 1. The summed E-state index contributed by atoms with van der Waals surface area (Å²) in [6.07, 6.45) is 0. The van der Waals surface area contributed by atoms with Gasteiger partial charge in [-0.1, -0.05) is 26.8 Å². The standard InChI is InChI=1S/C16H25FN2O/c1-16(2,3)15(19-10-8-18-9-11-19)14-12(17)6-5-7-13(14)20-4/h5-7,15,18H,8-11H2,1-4H3/t15-/m1/s1. The second-order valence-electron chi connectivity index (χ2n) is 6.41. The van der Waals surface area contributed by atoms with Gasteiger partial charge in [0.2, 0.25) is 0 Å². The van der Waals surface area contributed by atoms with E-state index in [0.29, 0.717) is 11.3 Å². The number of nitrogens with one attached hydrogen (secondary N) is 1. The quantitative estimate of drug-likeness (QED) is 0.921. The third-order valence-corrected chi connectivity index (χ3v) is 3.84. The van der Waals surface area contributed by atoms with Crippen LogP contribution in [-0.2, 0) is 0 Å². The van der Waals surface area contributed by atoms with E-state index in [2.05, 4.69) is 31.0 Å². The smallest absolute Gasteiger partial charge is 0.131 e. The lowest BCUT2D eigenvalue weighted by Crippen LogP contribution is -2.48. The first kappa shape index (κ1) is 15.3. The molecule has 4 heteroatoms. The SMILES string of the molecule is COc1cccc(F)c1[C@@H](N1CCNCC1)C(C)(C)C. The Bertz CT molecular complexity index is 450. The Balaban J connectivity index is 2.46. The molecule has 0 amide bonds. The van der Waals surface area contributed by atoms with E-state index >= 15 is 0 Å². The van der Waals surface area contributed by atoms with Crippen molar-refractivity contribution in [2.45, 2.75) is 26.8 Å². The van der Waals surface area contributed by atoms with Crippen LogP contribution in [0.2, 0.25) is 0 Å². The van der Waals surface area contributed by atoms with Crippen molar-refractivity contribution in [1.82, 2.24) is 10.2 Å². The summed E-state index contributed by atoms with van der Waals surface area (Å²) >= 11 is 0. The van der Waals surface area contributed by atoms with Crippen molar-refractivity contribution >= 4 is 0 Å². The molecule has 2 rings (SSSR count). The van der Waals surface area contributed by atoms with Crippen LogP contribution in [0.5, 0.6) is 5.75 Å². The highest BCUT2D eigenvalue weighted by atomic mass is 19.1. The number of ether oxygens (including phenoxy) is 1. The van der Waals surface area contributed by atoms with Gasteiger partial charge in [0, 0.05) is 37.8 Å². The van der Waals surface area contributed by atoms with Crippen LogP contribution >= 0.6 is 0 Å². The normalized spacial score (nSPS) is 18.9. The Kier molecular flexibility index (Phi) is 4.66. The molecule has 3 nitrogen and oxygen atoms in total. The molecule has 0 aliphatic carbocycles. The maximum Gasteiger partial charge on any atom is 0.131 e. The number of nitrogens with zero attached hydrogens (tertiary/aromatic N) is 1. The van der Waals surface area contributed by atoms with Gasteiger partial charge in [-0.25, -0.2) is 4.39 Å². The first-order valence-electron chi connectivity index (χ1n) is 7.22. The molecule has 0 spiro atoms. The molecule has 0 saturated carbocycles. The fourth-order valence-electron chi connectivity index (χ4n) is 3.06. The molecule has 20 heavy (non-hydrogen) atoms. The lowest BCUT2D eigenvalue weighted by atomic mass is 9.80. The van der Waals surface area contributed by atoms with Gasteiger partial charge in [-0.2, -0.15) is 0 Å². The number of halogens is 1. The summed E-state index contributed by atoms with van der Waals surface area (Å²) in [4.78, 5) is 2.36. The Labute approximate surface area is 121 Å². The highest BCUT2D eigenvalue weighted by Crippen LogP contribution is 2.43. The molecule has 1 heterocycles. The van der Waals surface area contributed by atoms with Crippen molar-refractivity contribution in [1.29, 1.82) is 0 Å². The average Bonchev–Trinajstić information content (AvgIpc) is 2.40. The second kappa shape index (κ2) is 6.10. The third kappa shape index (κ3) is 3.13. The number of hydrogen-bond donors (Lipinski definition) is 1. The maximum absolute atomic E-state index is 14.5. The van der Waals surface area contributed by atoms with E-state index in [1.807, 2.05) is 6.07 Å². The van der Waals surface area contributed by atoms with Crippen molar-refractivity contribution in [2.75, 3.05) is 33.3 Å². The Morgan fingerprint density at radius 2 is 1.90 bits per heavy atom. The van der Waals surface area contributed by atoms with Crippen LogP contribution < -0.4 is 10.1 Å². The molecule has 1 N–H and O–H groups in total. The van der Waals surface area contributed by atoms with Crippen molar-refractivity contribution in [2.24, 2.45) is 5.41 Å². The third-order valence-electron chi connectivity index (χ3n) is 3.84. The van der Waals surface area contributed by atoms with E-state index in [9.17, 15) is 4.39 Å². The summed E-state index contributed by atoms with van der Waals surface area (Å²) in [5, 5.41) is 3.35. The average molecular weight is 280 g/mol. The summed E-state index contributed by atoms with van der Waals surface area (Å²) in [6.45, 7) is 10.2. The molecule has 1 saturated heterocycles. The zero-order chi connectivity index (χ0) is 14.8. The Morgan fingerprint density at radius 3 is 2.45 bits per heavy atom. The zero-order valence-corrected chi connectivity index (χ0v) is 12.9. The van der Waals surface area contributed by atoms with Gasteiger partial charge >= 0.3 is 0 Å². The minimum Gasteiger partial charge on any atom is -0.496 e. The van der Waals surface area contributed by atoms with E-state index in [4.69, 9.17) is 4.74 Å². The van der Waals surface area contributed by atoms with E-state index in [1.165, 1.54) is 6.07 Å². The minimum absolute atomic E-state index is 0.0146. The highest BCUT2D eigenvalue weighted by Gasteiger charge is 2.36. The number of hydrogen-bond acceptors (Lipinski definition) is 3. The minimum atomic E-state index is -0.178. The molecule has 1 aliphatic rings. The first-order valence-corrected chi connectivity index (χ1v) is 7.22. The summed E-state index contributed by atoms with van der Waals surface area (Å²) in [7, 11) is 1.61. The summed E-state index contributed by atoms with van der Waals surface area (Å²) in [5.74, 6) is 0.464. The maximum atomic E-state index is 14.5. The summed E-state index contributed by atoms with van der Waals surface area (Å²) < 4.78 is 19.9. The largest absolute Gasteiger partial charge is 0.496 e. The molecule has 1 aromatic rings. The summed E-state index contributed by atoms with van der Waals surface area (Å²) in [6, 6.07) is 5.09. The van der Waals surface area contributed by atoms with Crippen LogP contribution in [-0.4, -0.2) is 38.2 Å². The van der Waals surface area contributed by atoms with Crippen LogP contribution in [0.4, 0.5) is 4.39 Å². The van der Waals surface area contributed by atoms with Gasteiger partial charge in [0.05, 0.1) is 7.11 Å². The first-order chi connectivity index (χ1) is 9.45. The Morgan fingerprint density at radius 1 is 1.25 bits per heavy atom. The topological polar surface area (TPSA) is 24.5 Å². The van der Waals surface area contributed by atoms with E-state index in [0.717, 1.165) is 26.2 Å². The zero-order valence-electron chi connectivity index (χ0n) is 12.9. The predicted molar refractivity (Wildman–Crippen MR) is 79.6 cm³/mol. The molecule has 1 fully saturated rings. The van der Waals surface area contributed by atoms with Gasteiger partial charge in [0.1, 0.15) is 11.6 Å². The van der Waals surface area contributed by atoms with Crippen molar-refractivity contribution in [3.63, 3.8) is 0 Å². The van der Waals surface area contributed by atoms with Crippen LogP contribution in [0.25, 0.3) is 0 Å². The summed E-state index contributed by atoms with van der Waals surface area (Å²) in [5.41, 5.74) is 0.622. The van der Waals surface area contributed by atoms with E-state index in [-0.39, 0.29) is 17.3 Å². The number of rotatable bonds is 3. The molecular weight excluding hydrogens is 255 g/mol. The molecule has 0 aromatic heterocycles.